The van der Waals surface area contributed by atoms with E-state index in [9.17, 15) is 5.11 Å². The molecule has 4 nitrogen and oxygen atoms in total. The van der Waals surface area contributed by atoms with Crippen LogP contribution < -0.4 is 0 Å². The molecular formula is C12H26N2O2. The van der Waals surface area contributed by atoms with Crippen LogP contribution in [0, 0.1) is 0 Å². The number of piperazine rings is 1. The molecule has 1 heterocycles. The highest BCUT2D eigenvalue weighted by atomic mass is 16.3. The molecule has 0 aromatic heterocycles. The Labute approximate surface area is 98.9 Å². The number of hydrogen-bond acceptors (Lipinski definition) is 4. The summed E-state index contributed by atoms with van der Waals surface area (Å²) in [5.41, 5.74) is 0. The van der Waals surface area contributed by atoms with Gasteiger partial charge >= 0.3 is 0 Å². The molecule has 2 atom stereocenters. The molecule has 0 bridgehead atoms. The highest BCUT2D eigenvalue weighted by Crippen LogP contribution is 2.10. The Morgan fingerprint density at radius 2 is 2.06 bits per heavy atom. The number of aliphatic hydroxyl groups excluding tert-OH is 2. The Kier molecular flexibility index (Phi) is 6.28. The molecule has 1 aliphatic heterocycles. The summed E-state index contributed by atoms with van der Waals surface area (Å²) in [4.78, 5) is 4.81. The first-order valence-electron chi connectivity index (χ1n) is 6.38. The van der Waals surface area contributed by atoms with Gasteiger partial charge in [-0.05, 0) is 33.2 Å². The zero-order valence-corrected chi connectivity index (χ0v) is 10.6. The van der Waals surface area contributed by atoms with E-state index >= 15 is 0 Å². The molecule has 0 saturated carbocycles. The van der Waals surface area contributed by atoms with Gasteiger partial charge < -0.3 is 15.1 Å². The first-order valence-corrected chi connectivity index (χ1v) is 6.38. The third kappa shape index (κ3) is 4.78. The molecule has 0 unspecified atom stereocenters. The second-order valence-electron chi connectivity index (χ2n) is 4.92. The lowest BCUT2D eigenvalue weighted by Gasteiger charge is -2.40. The van der Waals surface area contributed by atoms with Crippen molar-refractivity contribution in [3.05, 3.63) is 0 Å². The summed E-state index contributed by atoms with van der Waals surface area (Å²) in [6.07, 6.45) is 1.76. The fourth-order valence-corrected chi connectivity index (χ4v) is 2.33. The summed E-state index contributed by atoms with van der Waals surface area (Å²) in [6, 6.07) is 0.525. The SMILES string of the molecule is C[C@H](O)CN1CCN(CCCCO)C[C@@H]1C. The van der Waals surface area contributed by atoms with Crippen LogP contribution in [0.2, 0.25) is 0 Å². The Hall–Kier alpha value is -0.160. The number of nitrogens with zero attached hydrogens (tertiary/aromatic N) is 2. The summed E-state index contributed by atoms with van der Waals surface area (Å²) >= 11 is 0. The highest BCUT2D eigenvalue weighted by Gasteiger charge is 2.23. The zero-order valence-electron chi connectivity index (χ0n) is 10.6. The molecular weight excluding hydrogens is 204 g/mol. The maximum Gasteiger partial charge on any atom is 0.0639 e. The van der Waals surface area contributed by atoms with Crippen molar-refractivity contribution in [3.8, 4) is 0 Å². The molecule has 1 rings (SSSR count). The Morgan fingerprint density at radius 3 is 2.62 bits per heavy atom. The fraction of sp³-hybridized carbons (Fsp3) is 1.00. The molecule has 2 N–H and O–H groups in total. The normalized spacial score (nSPS) is 25.9. The van der Waals surface area contributed by atoms with Gasteiger partial charge in [-0.25, -0.2) is 0 Å². The van der Waals surface area contributed by atoms with Gasteiger partial charge in [0.05, 0.1) is 6.10 Å². The van der Waals surface area contributed by atoms with Crippen molar-refractivity contribution in [2.75, 3.05) is 39.3 Å². The second kappa shape index (κ2) is 7.22. The van der Waals surface area contributed by atoms with Crippen molar-refractivity contribution < 1.29 is 10.2 Å². The van der Waals surface area contributed by atoms with Gasteiger partial charge in [-0.1, -0.05) is 0 Å². The summed E-state index contributed by atoms with van der Waals surface area (Å²) < 4.78 is 0. The smallest absolute Gasteiger partial charge is 0.0639 e. The quantitative estimate of drug-likeness (QED) is 0.638. The second-order valence-corrected chi connectivity index (χ2v) is 4.92. The molecule has 1 aliphatic rings. The van der Waals surface area contributed by atoms with Crippen LogP contribution in [-0.4, -0.2) is 71.5 Å². The van der Waals surface area contributed by atoms with Gasteiger partial charge in [0, 0.05) is 38.8 Å². The Morgan fingerprint density at radius 1 is 1.31 bits per heavy atom. The fourth-order valence-electron chi connectivity index (χ4n) is 2.33. The van der Waals surface area contributed by atoms with Crippen LogP contribution in [0.15, 0.2) is 0 Å². The third-order valence-corrected chi connectivity index (χ3v) is 3.23. The Balaban J connectivity index is 2.22. The standard InChI is InChI=1S/C12H26N2O2/c1-11-9-13(5-3-4-8-15)6-7-14(11)10-12(2)16/h11-12,15-16H,3-10H2,1-2H3/t11-,12-/m0/s1. The minimum atomic E-state index is -0.233. The molecule has 0 aromatic rings. The van der Waals surface area contributed by atoms with E-state index in [1.54, 1.807) is 0 Å². The van der Waals surface area contributed by atoms with Gasteiger partial charge in [0.2, 0.25) is 0 Å². The van der Waals surface area contributed by atoms with E-state index in [0.717, 1.165) is 45.6 Å². The minimum Gasteiger partial charge on any atom is -0.396 e. The first kappa shape index (κ1) is 13.9. The van der Waals surface area contributed by atoms with E-state index in [1.807, 2.05) is 6.92 Å². The topological polar surface area (TPSA) is 46.9 Å². The van der Waals surface area contributed by atoms with Crippen molar-refractivity contribution in [3.63, 3.8) is 0 Å². The van der Waals surface area contributed by atoms with Crippen LogP contribution in [0.5, 0.6) is 0 Å². The molecule has 1 saturated heterocycles. The summed E-state index contributed by atoms with van der Waals surface area (Å²) in [5.74, 6) is 0. The van der Waals surface area contributed by atoms with E-state index in [4.69, 9.17) is 5.11 Å². The maximum absolute atomic E-state index is 9.38. The van der Waals surface area contributed by atoms with Crippen molar-refractivity contribution in [1.29, 1.82) is 0 Å². The van der Waals surface area contributed by atoms with Crippen LogP contribution in [0.4, 0.5) is 0 Å². The van der Waals surface area contributed by atoms with Gasteiger partial charge in [0.1, 0.15) is 0 Å². The molecule has 16 heavy (non-hydrogen) atoms. The predicted molar refractivity (Wildman–Crippen MR) is 65.5 cm³/mol. The van der Waals surface area contributed by atoms with Crippen LogP contribution in [0.3, 0.4) is 0 Å². The van der Waals surface area contributed by atoms with Crippen molar-refractivity contribution in [2.45, 2.75) is 38.8 Å². The molecule has 0 amide bonds. The van der Waals surface area contributed by atoms with Gasteiger partial charge in [-0.2, -0.15) is 0 Å². The van der Waals surface area contributed by atoms with Gasteiger partial charge in [-0.3, -0.25) is 4.90 Å². The monoisotopic (exact) mass is 230 g/mol. The molecule has 1 fully saturated rings. The number of unbranched alkanes of at least 4 members (excludes halogenated alkanes) is 1. The lowest BCUT2D eigenvalue weighted by Crippen LogP contribution is -2.53. The van der Waals surface area contributed by atoms with E-state index in [0.29, 0.717) is 12.6 Å². The molecule has 0 aliphatic carbocycles. The van der Waals surface area contributed by atoms with Crippen molar-refractivity contribution in [2.24, 2.45) is 0 Å². The zero-order chi connectivity index (χ0) is 12.0. The number of rotatable bonds is 6. The average molecular weight is 230 g/mol. The highest BCUT2D eigenvalue weighted by molar-refractivity contribution is 4.79. The van der Waals surface area contributed by atoms with E-state index in [-0.39, 0.29) is 6.10 Å². The van der Waals surface area contributed by atoms with E-state index < -0.39 is 0 Å². The van der Waals surface area contributed by atoms with Crippen molar-refractivity contribution >= 4 is 0 Å². The first-order chi connectivity index (χ1) is 7.63. The van der Waals surface area contributed by atoms with Crippen LogP contribution >= 0.6 is 0 Å². The largest absolute Gasteiger partial charge is 0.396 e. The summed E-state index contributed by atoms with van der Waals surface area (Å²) in [7, 11) is 0. The average Bonchev–Trinajstić information content (AvgIpc) is 2.22. The lowest BCUT2D eigenvalue weighted by atomic mass is 10.1. The molecule has 0 spiro atoms. The minimum absolute atomic E-state index is 0.233. The number of β-amino-alcohol motifs (C(OH)–C–C–N with tert-alkyl or cyclic N) is 1. The lowest BCUT2D eigenvalue weighted by molar-refractivity contribution is 0.0442. The predicted octanol–water partition coefficient (Wildman–Crippen LogP) is 0.146. The van der Waals surface area contributed by atoms with Gasteiger partial charge in [0.15, 0.2) is 0 Å². The molecule has 4 heteroatoms. The van der Waals surface area contributed by atoms with Gasteiger partial charge in [-0.15, -0.1) is 0 Å². The van der Waals surface area contributed by atoms with Crippen LogP contribution in [0.1, 0.15) is 26.7 Å². The molecule has 96 valence electrons. The molecule has 0 aromatic carbocycles. The van der Waals surface area contributed by atoms with Crippen LogP contribution in [0.25, 0.3) is 0 Å². The Bertz CT molecular complexity index is 188. The maximum atomic E-state index is 9.38. The van der Waals surface area contributed by atoms with Crippen LogP contribution in [-0.2, 0) is 0 Å². The van der Waals surface area contributed by atoms with E-state index in [2.05, 4.69) is 16.7 Å². The summed E-state index contributed by atoms with van der Waals surface area (Å²) in [5, 5.41) is 18.1. The number of hydrogen-bond donors (Lipinski definition) is 2. The van der Waals surface area contributed by atoms with Crippen molar-refractivity contribution in [1.82, 2.24) is 9.80 Å². The van der Waals surface area contributed by atoms with Gasteiger partial charge in [0.25, 0.3) is 0 Å². The third-order valence-electron chi connectivity index (χ3n) is 3.23. The summed E-state index contributed by atoms with van der Waals surface area (Å²) in [6.45, 7) is 9.46. The molecule has 0 radical (unpaired) electrons. The number of aliphatic hydroxyl groups is 2. The van der Waals surface area contributed by atoms with E-state index in [1.165, 1.54) is 0 Å².